The number of nitrogens with two attached hydrogens (primary N) is 1. The van der Waals surface area contributed by atoms with Crippen molar-refractivity contribution in [1.29, 1.82) is 0 Å². The second-order valence-corrected chi connectivity index (χ2v) is 3.65. The van der Waals surface area contributed by atoms with Crippen molar-refractivity contribution in [3.8, 4) is 0 Å². The van der Waals surface area contributed by atoms with Crippen LogP contribution in [0.1, 0.15) is 17.3 Å². The lowest BCUT2D eigenvalue weighted by Gasteiger charge is -2.03. The first kappa shape index (κ1) is 9.55. The number of hydrogen-bond acceptors (Lipinski definition) is 2. The van der Waals surface area contributed by atoms with Crippen molar-refractivity contribution in [2.75, 3.05) is 5.73 Å². The Morgan fingerprint density at radius 2 is 2.17 bits per heavy atom. The quantitative estimate of drug-likeness (QED) is 0.613. The van der Waals surface area contributed by atoms with Gasteiger partial charge in [-0.2, -0.15) is 0 Å². The largest absolute Gasteiger partial charge is 0.399 e. The molecule has 0 aromatic heterocycles. The van der Waals surface area contributed by atoms with Crippen molar-refractivity contribution in [2.24, 2.45) is 0 Å². The van der Waals surface area contributed by atoms with E-state index in [0.29, 0.717) is 20.7 Å². The molecule has 0 radical (unpaired) electrons. The van der Waals surface area contributed by atoms with Gasteiger partial charge in [0.05, 0.1) is 5.02 Å². The zero-order chi connectivity index (χ0) is 9.30. The van der Waals surface area contributed by atoms with E-state index in [1.54, 1.807) is 12.1 Å². The van der Waals surface area contributed by atoms with E-state index < -0.39 is 0 Å². The average Bonchev–Trinajstić information content (AvgIpc) is 1.96. The number of nitrogen functional groups attached to an aromatic ring is 1. The minimum Gasteiger partial charge on any atom is -0.399 e. The van der Waals surface area contributed by atoms with E-state index in [-0.39, 0.29) is 5.78 Å². The van der Waals surface area contributed by atoms with Crippen molar-refractivity contribution in [1.82, 2.24) is 0 Å². The third-order valence-electron chi connectivity index (χ3n) is 1.43. The van der Waals surface area contributed by atoms with Gasteiger partial charge in [-0.1, -0.05) is 11.6 Å². The lowest BCUT2D eigenvalue weighted by molar-refractivity contribution is 0.101. The number of carbonyl (C=O) groups is 1. The monoisotopic (exact) mass is 247 g/mol. The van der Waals surface area contributed by atoms with Crippen LogP contribution >= 0.6 is 27.5 Å². The lowest BCUT2D eigenvalue weighted by Crippen LogP contribution is -1.96. The van der Waals surface area contributed by atoms with Gasteiger partial charge in [0.2, 0.25) is 0 Å². The maximum Gasteiger partial charge on any atom is 0.161 e. The molecule has 1 aromatic rings. The third-order valence-corrected chi connectivity index (χ3v) is 2.69. The molecular formula is C8H7BrClNO. The third kappa shape index (κ3) is 1.79. The molecule has 64 valence electrons. The standard InChI is InChI=1S/C8H7BrClNO/c1-4(12)6-2-5(11)3-7(9)8(6)10/h2-3H,11H2,1H3. The van der Waals surface area contributed by atoms with Crippen LogP contribution in [0.4, 0.5) is 5.69 Å². The Morgan fingerprint density at radius 1 is 1.58 bits per heavy atom. The SMILES string of the molecule is CC(=O)c1cc(N)cc(Br)c1Cl. The first-order chi connectivity index (χ1) is 5.52. The highest BCUT2D eigenvalue weighted by atomic mass is 79.9. The van der Waals surface area contributed by atoms with Crippen LogP contribution in [-0.4, -0.2) is 5.78 Å². The van der Waals surface area contributed by atoms with Crippen LogP contribution in [-0.2, 0) is 0 Å². The summed E-state index contributed by atoms with van der Waals surface area (Å²) < 4.78 is 0.648. The number of ketones is 1. The van der Waals surface area contributed by atoms with Gasteiger partial charge in [-0.25, -0.2) is 0 Å². The lowest BCUT2D eigenvalue weighted by atomic mass is 10.1. The van der Waals surface area contributed by atoms with E-state index in [1.165, 1.54) is 6.92 Å². The molecule has 1 rings (SSSR count). The number of Topliss-reactive ketones (excluding diaryl/α,β-unsaturated/α-hetero) is 1. The van der Waals surface area contributed by atoms with Gasteiger partial charge >= 0.3 is 0 Å². The van der Waals surface area contributed by atoms with E-state index in [2.05, 4.69) is 15.9 Å². The Balaban J connectivity index is 3.37. The molecule has 0 aliphatic carbocycles. The Labute approximate surface area is 83.8 Å². The maximum absolute atomic E-state index is 11.0. The van der Waals surface area contributed by atoms with E-state index in [0.717, 1.165) is 0 Å². The van der Waals surface area contributed by atoms with Gasteiger partial charge in [-0.15, -0.1) is 0 Å². The highest BCUT2D eigenvalue weighted by molar-refractivity contribution is 9.10. The number of rotatable bonds is 1. The minimum absolute atomic E-state index is 0.0898. The van der Waals surface area contributed by atoms with Crippen LogP contribution < -0.4 is 5.73 Å². The summed E-state index contributed by atoms with van der Waals surface area (Å²) in [5.74, 6) is -0.0898. The molecule has 0 aliphatic rings. The fourth-order valence-corrected chi connectivity index (χ4v) is 1.59. The molecule has 0 atom stereocenters. The Morgan fingerprint density at radius 3 is 2.67 bits per heavy atom. The van der Waals surface area contributed by atoms with Crippen molar-refractivity contribution < 1.29 is 4.79 Å². The molecular weight excluding hydrogens is 241 g/mol. The molecule has 0 saturated carbocycles. The molecule has 4 heteroatoms. The van der Waals surface area contributed by atoms with Gasteiger partial charge in [0.15, 0.2) is 5.78 Å². The van der Waals surface area contributed by atoms with Crippen molar-refractivity contribution in [2.45, 2.75) is 6.92 Å². The molecule has 0 aliphatic heterocycles. The summed E-state index contributed by atoms with van der Waals surface area (Å²) in [6, 6.07) is 3.23. The second-order valence-electron chi connectivity index (χ2n) is 2.42. The molecule has 0 heterocycles. The van der Waals surface area contributed by atoms with Gasteiger partial charge in [0.25, 0.3) is 0 Å². The van der Waals surface area contributed by atoms with Gasteiger partial charge in [0.1, 0.15) is 0 Å². The Bertz CT molecular complexity index is 338. The predicted octanol–water partition coefficient (Wildman–Crippen LogP) is 2.89. The number of carbonyl (C=O) groups excluding carboxylic acids is 1. The molecule has 2 nitrogen and oxygen atoms in total. The van der Waals surface area contributed by atoms with Gasteiger partial charge < -0.3 is 5.73 Å². The summed E-state index contributed by atoms with van der Waals surface area (Å²) in [6.07, 6.45) is 0. The summed E-state index contributed by atoms with van der Waals surface area (Å²) >= 11 is 9.04. The van der Waals surface area contributed by atoms with Crippen LogP contribution in [0.25, 0.3) is 0 Å². The molecule has 0 amide bonds. The number of benzene rings is 1. The summed E-state index contributed by atoms with van der Waals surface area (Å²) in [7, 11) is 0. The molecule has 1 aromatic carbocycles. The van der Waals surface area contributed by atoms with Crippen LogP contribution in [0.3, 0.4) is 0 Å². The van der Waals surface area contributed by atoms with Crippen molar-refractivity contribution in [3.63, 3.8) is 0 Å². The minimum atomic E-state index is -0.0898. The Hall–Kier alpha value is -0.540. The smallest absolute Gasteiger partial charge is 0.161 e. The highest BCUT2D eigenvalue weighted by Gasteiger charge is 2.09. The first-order valence-corrected chi connectivity index (χ1v) is 4.45. The first-order valence-electron chi connectivity index (χ1n) is 3.28. The van der Waals surface area contributed by atoms with Crippen molar-refractivity contribution >= 4 is 39.0 Å². The molecule has 12 heavy (non-hydrogen) atoms. The zero-order valence-electron chi connectivity index (χ0n) is 6.40. The molecule has 0 spiro atoms. The van der Waals surface area contributed by atoms with Crippen molar-refractivity contribution in [3.05, 3.63) is 27.2 Å². The fraction of sp³-hybridized carbons (Fsp3) is 0.125. The fourth-order valence-electron chi connectivity index (χ4n) is 0.866. The van der Waals surface area contributed by atoms with Gasteiger partial charge in [0, 0.05) is 15.7 Å². The number of halogens is 2. The molecule has 0 bridgehead atoms. The molecule has 0 fully saturated rings. The van der Waals surface area contributed by atoms with E-state index in [1.807, 2.05) is 0 Å². The van der Waals surface area contributed by atoms with E-state index in [9.17, 15) is 4.79 Å². The maximum atomic E-state index is 11.0. The average molecular weight is 249 g/mol. The normalized spacial score (nSPS) is 9.92. The van der Waals surface area contributed by atoms with Crippen LogP contribution in [0.2, 0.25) is 5.02 Å². The molecule has 0 saturated heterocycles. The summed E-state index contributed by atoms with van der Waals surface area (Å²) in [6.45, 7) is 1.45. The second kappa shape index (κ2) is 3.46. The summed E-state index contributed by atoms with van der Waals surface area (Å²) in [5, 5.41) is 0.414. The summed E-state index contributed by atoms with van der Waals surface area (Å²) in [5.41, 5.74) is 6.50. The Kier molecular flexibility index (Phi) is 2.75. The van der Waals surface area contributed by atoms with Crippen LogP contribution in [0.15, 0.2) is 16.6 Å². The highest BCUT2D eigenvalue weighted by Crippen LogP contribution is 2.29. The molecule has 0 unspecified atom stereocenters. The van der Waals surface area contributed by atoms with Crippen LogP contribution in [0, 0.1) is 0 Å². The zero-order valence-corrected chi connectivity index (χ0v) is 8.74. The van der Waals surface area contributed by atoms with Gasteiger partial charge in [-0.05, 0) is 35.0 Å². The molecule has 2 N–H and O–H groups in total. The summed E-state index contributed by atoms with van der Waals surface area (Å²) in [4.78, 5) is 11.0. The number of hydrogen-bond donors (Lipinski definition) is 1. The van der Waals surface area contributed by atoms with E-state index >= 15 is 0 Å². The van der Waals surface area contributed by atoms with E-state index in [4.69, 9.17) is 17.3 Å². The number of anilines is 1. The topological polar surface area (TPSA) is 43.1 Å². The van der Waals surface area contributed by atoms with Crippen LogP contribution in [0.5, 0.6) is 0 Å². The van der Waals surface area contributed by atoms with Gasteiger partial charge in [-0.3, -0.25) is 4.79 Å². The predicted molar refractivity (Wildman–Crippen MR) is 53.6 cm³/mol.